The molecule has 7 heteroatoms. The van der Waals surface area contributed by atoms with Crippen molar-refractivity contribution >= 4 is 17.7 Å². The Bertz CT molecular complexity index is 601. The van der Waals surface area contributed by atoms with E-state index in [0.717, 1.165) is 39.1 Å². The number of nitrogens with zero attached hydrogens (tertiary/aromatic N) is 2. The number of hydrogen-bond acceptors (Lipinski definition) is 5. The number of rotatable bonds is 9. The van der Waals surface area contributed by atoms with Crippen molar-refractivity contribution in [1.82, 2.24) is 15.5 Å². The highest BCUT2D eigenvalue weighted by Gasteiger charge is 2.22. The van der Waals surface area contributed by atoms with Gasteiger partial charge >= 0.3 is 6.09 Å². The molecule has 1 heterocycles. The fourth-order valence-corrected chi connectivity index (χ4v) is 3.41. The molecular weight excluding hydrogens is 356 g/mol. The maximum absolute atomic E-state index is 12.4. The first-order valence-electron chi connectivity index (χ1n) is 10.1. The Morgan fingerprint density at radius 3 is 2.39 bits per heavy atom. The normalized spacial score (nSPS) is 15.9. The molecule has 1 aromatic rings. The van der Waals surface area contributed by atoms with E-state index in [4.69, 9.17) is 0 Å². The third kappa shape index (κ3) is 7.38. The molecule has 1 atom stereocenters. The summed E-state index contributed by atoms with van der Waals surface area (Å²) in [7, 11) is 1.30. The molecule has 2 N–H and O–H groups in total. The zero-order valence-electron chi connectivity index (χ0n) is 17.3. The predicted molar refractivity (Wildman–Crippen MR) is 112 cm³/mol. The first kappa shape index (κ1) is 22.0. The molecule has 28 heavy (non-hydrogen) atoms. The van der Waals surface area contributed by atoms with Crippen LogP contribution in [-0.4, -0.2) is 69.3 Å². The van der Waals surface area contributed by atoms with Crippen LogP contribution in [0.15, 0.2) is 30.3 Å². The minimum absolute atomic E-state index is 0.145. The van der Waals surface area contributed by atoms with Crippen LogP contribution in [0, 0.1) is 5.92 Å². The highest BCUT2D eigenvalue weighted by atomic mass is 16.5. The van der Waals surface area contributed by atoms with Crippen molar-refractivity contribution in [2.24, 2.45) is 5.92 Å². The van der Waals surface area contributed by atoms with E-state index in [1.807, 2.05) is 19.9 Å². The van der Waals surface area contributed by atoms with Crippen molar-refractivity contribution in [2.75, 3.05) is 51.3 Å². The third-order valence-electron chi connectivity index (χ3n) is 4.95. The summed E-state index contributed by atoms with van der Waals surface area (Å²) in [6.45, 7) is 9.72. The van der Waals surface area contributed by atoms with Gasteiger partial charge in [0.1, 0.15) is 6.04 Å². The monoisotopic (exact) mass is 390 g/mol. The third-order valence-corrected chi connectivity index (χ3v) is 4.95. The summed E-state index contributed by atoms with van der Waals surface area (Å²) in [4.78, 5) is 28.7. The number of hydrogen-bond donors (Lipinski definition) is 2. The van der Waals surface area contributed by atoms with Crippen LogP contribution in [-0.2, 0) is 9.53 Å². The number of amides is 2. The first-order valence-corrected chi connectivity index (χ1v) is 10.1. The Morgan fingerprint density at radius 2 is 1.79 bits per heavy atom. The number of ether oxygens (including phenoxy) is 1. The second-order valence-corrected chi connectivity index (χ2v) is 7.63. The van der Waals surface area contributed by atoms with Gasteiger partial charge in [-0.3, -0.25) is 9.69 Å². The SMILES string of the molecule is COC(=O)NC(CC(C)C)C(=O)NCCCN1CCN(c2ccccc2)CC1. The number of carbonyl (C=O) groups is 2. The highest BCUT2D eigenvalue weighted by molar-refractivity contribution is 5.85. The topological polar surface area (TPSA) is 73.9 Å². The molecule has 1 saturated heterocycles. The van der Waals surface area contributed by atoms with Crippen molar-refractivity contribution in [3.05, 3.63) is 30.3 Å². The van der Waals surface area contributed by atoms with Gasteiger partial charge in [-0.1, -0.05) is 32.0 Å². The molecule has 1 aromatic carbocycles. The van der Waals surface area contributed by atoms with Crippen LogP contribution in [0.3, 0.4) is 0 Å². The van der Waals surface area contributed by atoms with Gasteiger partial charge < -0.3 is 20.3 Å². The second kappa shape index (κ2) is 11.5. The fourth-order valence-electron chi connectivity index (χ4n) is 3.41. The highest BCUT2D eigenvalue weighted by Crippen LogP contribution is 2.15. The van der Waals surface area contributed by atoms with Crippen LogP contribution in [0.1, 0.15) is 26.7 Å². The van der Waals surface area contributed by atoms with Crippen LogP contribution >= 0.6 is 0 Å². The number of piperazine rings is 1. The number of carbonyl (C=O) groups excluding carboxylic acids is 2. The van der Waals surface area contributed by atoms with Crippen molar-refractivity contribution in [1.29, 1.82) is 0 Å². The molecule has 2 rings (SSSR count). The lowest BCUT2D eigenvalue weighted by Gasteiger charge is -2.36. The molecule has 1 unspecified atom stereocenters. The van der Waals surface area contributed by atoms with Crippen molar-refractivity contribution < 1.29 is 14.3 Å². The maximum atomic E-state index is 12.4. The van der Waals surface area contributed by atoms with Gasteiger partial charge in [0.2, 0.25) is 5.91 Å². The molecule has 156 valence electrons. The van der Waals surface area contributed by atoms with Gasteiger partial charge in [-0.15, -0.1) is 0 Å². The van der Waals surface area contributed by atoms with E-state index in [2.05, 4.69) is 49.4 Å². The molecule has 0 saturated carbocycles. The van der Waals surface area contributed by atoms with Gasteiger partial charge in [-0.2, -0.15) is 0 Å². The van der Waals surface area contributed by atoms with Gasteiger partial charge in [0.05, 0.1) is 7.11 Å². The maximum Gasteiger partial charge on any atom is 0.407 e. The van der Waals surface area contributed by atoms with Gasteiger partial charge in [-0.05, 0) is 37.4 Å². The van der Waals surface area contributed by atoms with Crippen molar-refractivity contribution in [3.63, 3.8) is 0 Å². The lowest BCUT2D eigenvalue weighted by Crippen LogP contribution is -2.49. The number of para-hydroxylation sites is 1. The fraction of sp³-hybridized carbons (Fsp3) is 0.619. The average Bonchev–Trinajstić information content (AvgIpc) is 2.71. The molecule has 0 aromatic heterocycles. The molecule has 0 radical (unpaired) electrons. The first-order chi connectivity index (χ1) is 13.5. The Labute approximate surface area is 168 Å². The van der Waals surface area contributed by atoms with Gasteiger partial charge in [-0.25, -0.2) is 4.79 Å². The standard InChI is InChI=1S/C21H34N4O3/c1-17(2)16-19(23-21(27)28-3)20(26)22-10-7-11-24-12-14-25(15-13-24)18-8-5-4-6-9-18/h4-6,8-9,17,19H,7,10-16H2,1-3H3,(H,22,26)(H,23,27). The van der Waals surface area contributed by atoms with E-state index in [9.17, 15) is 9.59 Å². The molecular formula is C21H34N4O3. The summed E-state index contributed by atoms with van der Waals surface area (Å²) in [5.74, 6) is 0.154. The molecule has 7 nitrogen and oxygen atoms in total. The summed E-state index contributed by atoms with van der Waals surface area (Å²) in [6, 6.07) is 9.95. The summed E-state index contributed by atoms with van der Waals surface area (Å²) in [6.07, 6.45) is 0.906. The summed E-state index contributed by atoms with van der Waals surface area (Å²) in [5.41, 5.74) is 1.28. The lowest BCUT2D eigenvalue weighted by atomic mass is 10.0. The average molecular weight is 391 g/mol. The van der Waals surface area contributed by atoms with Crippen LogP contribution in [0.4, 0.5) is 10.5 Å². The van der Waals surface area contributed by atoms with Crippen LogP contribution < -0.4 is 15.5 Å². The van der Waals surface area contributed by atoms with E-state index < -0.39 is 12.1 Å². The molecule has 1 fully saturated rings. The van der Waals surface area contributed by atoms with Crippen LogP contribution in [0.25, 0.3) is 0 Å². The number of anilines is 1. The Hall–Kier alpha value is -2.28. The van der Waals surface area contributed by atoms with Crippen molar-refractivity contribution in [2.45, 2.75) is 32.7 Å². The Kier molecular flexibility index (Phi) is 9.07. The van der Waals surface area contributed by atoms with E-state index in [0.29, 0.717) is 18.9 Å². The van der Waals surface area contributed by atoms with Gasteiger partial charge in [0.25, 0.3) is 0 Å². The zero-order valence-corrected chi connectivity index (χ0v) is 17.3. The van der Waals surface area contributed by atoms with Crippen LogP contribution in [0.5, 0.6) is 0 Å². The van der Waals surface area contributed by atoms with E-state index >= 15 is 0 Å². The lowest BCUT2D eigenvalue weighted by molar-refractivity contribution is -0.123. The van der Waals surface area contributed by atoms with E-state index in [1.165, 1.54) is 12.8 Å². The number of benzene rings is 1. The molecule has 1 aliphatic heterocycles. The quantitative estimate of drug-likeness (QED) is 0.632. The smallest absolute Gasteiger partial charge is 0.407 e. The van der Waals surface area contributed by atoms with Gasteiger partial charge in [0, 0.05) is 38.4 Å². The molecule has 0 aliphatic carbocycles. The minimum atomic E-state index is -0.572. The summed E-state index contributed by atoms with van der Waals surface area (Å²) < 4.78 is 4.62. The van der Waals surface area contributed by atoms with Gasteiger partial charge in [0.15, 0.2) is 0 Å². The molecule has 0 bridgehead atoms. The van der Waals surface area contributed by atoms with Crippen molar-refractivity contribution in [3.8, 4) is 0 Å². The predicted octanol–water partition coefficient (Wildman–Crippen LogP) is 2.09. The Morgan fingerprint density at radius 1 is 1.11 bits per heavy atom. The zero-order chi connectivity index (χ0) is 20.4. The number of methoxy groups -OCH3 is 1. The molecule has 0 spiro atoms. The van der Waals surface area contributed by atoms with Crippen LogP contribution in [0.2, 0.25) is 0 Å². The molecule has 2 amide bonds. The Balaban J connectivity index is 1.66. The number of alkyl carbamates (subject to hydrolysis) is 1. The van der Waals surface area contributed by atoms with E-state index in [1.54, 1.807) is 0 Å². The summed E-state index contributed by atoms with van der Waals surface area (Å²) >= 11 is 0. The number of nitrogens with one attached hydrogen (secondary N) is 2. The summed E-state index contributed by atoms with van der Waals surface area (Å²) in [5, 5.41) is 5.56. The largest absolute Gasteiger partial charge is 0.453 e. The molecule has 1 aliphatic rings. The minimum Gasteiger partial charge on any atom is -0.453 e. The van der Waals surface area contributed by atoms with E-state index in [-0.39, 0.29) is 5.91 Å². The second-order valence-electron chi connectivity index (χ2n) is 7.63.